The molecule has 0 saturated carbocycles. The first kappa shape index (κ1) is 20.5. The Kier molecular flexibility index (Phi) is 6.63. The highest BCUT2D eigenvalue weighted by Crippen LogP contribution is 2.22. The van der Waals surface area contributed by atoms with Gasteiger partial charge in [0.25, 0.3) is 5.91 Å². The standard InChI is InChI=1S/C19H21ClN2O5/c1-11-12(2)27-13(3)18(11)19(25)26-10-17(24)22(4)9-16(23)21-15-8-6-5-7-14(15)20/h5-8H,9-10H2,1-4H3,(H,21,23). The molecule has 1 aromatic carbocycles. The van der Waals surface area contributed by atoms with Crippen LogP contribution in [0.4, 0.5) is 5.69 Å². The van der Waals surface area contributed by atoms with Gasteiger partial charge < -0.3 is 19.4 Å². The number of amides is 2. The van der Waals surface area contributed by atoms with Gasteiger partial charge >= 0.3 is 5.97 Å². The Morgan fingerprint density at radius 3 is 2.41 bits per heavy atom. The smallest absolute Gasteiger partial charge is 0.342 e. The van der Waals surface area contributed by atoms with Crippen LogP contribution in [0.5, 0.6) is 0 Å². The first-order valence-corrected chi connectivity index (χ1v) is 8.60. The Bertz CT molecular complexity index is 875. The molecule has 1 heterocycles. The number of nitrogens with zero attached hydrogens (tertiary/aromatic N) is 1. The molecule has 8 heteroatoms. The molecule has 0 spiro atoms. The predicted molar refractivity (Wildman–Crippen MR) is 101 cm³/mol. The minimum Gasteiger partial charge on any atom is -0.465 e. The van der Waals surface area contributed by atoms with Crippen molar-refractivity contribution in [3.05, 3.63) is 51.9 Å². The molecule has 0 fully saturated rings. The number of anilines is 1. The highest BCUT2D eigenvalue weighted by molar-refractivity contribution is 6.33. The number of nitrogens with one attached hydrogen (secondary N) is 1. The lowest BCUT2D eigenvalue weighted by Crippen LogP contribution is -2.37. The molecule has 0 aliphatic heterocycles. The summed E-state index contributed by atoms with van der Waals surface area (Å²) < 4.78 is 10.4. The third kappa shape index (κ3) is 5.10. The minimum absolute atomic E-state index is 0.204. The van der Waals surface area contributed by atoms with E-state index in [2.05, 4.69) is 5.32 Å². The van der Waals surface area contributed by atoms with Crippen molar-refractivity contribution in [1.29, 1.82) is 0 Å². The SMILES string of the molecule is Cc1oc(C)c(C(=O)OCC(=O)N(C)CC(=O)Nc2ccccc2Cl)c1C. The fraction of sp³-hybridized carbons (Fsp3) is 0.316. The number of furan rings is 1. The van der Waals surface area contributed by atoms with Crippen molar-refractivity contribution in [3.8, 4) is 0 Å². The maximum absolute atomic E-state index is 12.2. The average molecular weight is 393 g/mol. The van der Waals surface area contributed by atoms with Crippen LogP contribution < -0.4 is 5.32 Å². The maximum atomic E-state index is 12.2. The molecule has 2 aromatic rings. The van der Waals surface area contributed by atoms with Gasteiger partial charge in [-0.25, -0.2) is 4.79 Å². The number of aryl methyl sites for hydroxylation is 2. The lowest BCUT2D eigenvalue weighted by Gasteiger charge is -2.17. The third-order valence-electron chi connectivity index (χ3n) is 4.05. The topological polar surface area (TPSA) is 88.8 Å². The second-order valence-corrected chi connectivity index (χ2v) is 6.48. The molecule has 2 rings (SSSR count). The van der Waals surface area contributed by atoms with E-state index < -0.39 is 24.4 Å². The van der Waals surface area contributed by atoms with Gasteiger partial charge in [-0.3, -0.25) is 9.59 Å². The van der Waals surface area contributed by atoms with Gasteiger partial charge in [-0.15, -0.1) is 0 Å². The van der Waals surface area contributed by atoms with E-state index in [4.69, 9.17) is 20.8 Å². The second kappa shape index (κ2) is 8.73. The molecule has 0 radical (unpaired) electrons. The van der Waals surface area contributed by atoms with Crippen molar-refractivity contribution >= 4 is 35.1 Å². The zero-order valence-corrected chi connectivity index (χ0v) is 16.3. The van der Waals surface area contributed by atoms with Crippen LogP contribution in [0.25, 0.3) is 0 Å². The van der Waals surface area contributed by atoms with E-state index in [0.29, 0.717) is 33.4 Å². The van der Waals surface area contributed by atoms with Gasteiger partial charge in [0, 0.05) is 12.6 Å². The van der Waals surface area contributed by atoms with E-state index in [9.17, 15) is 14.4 Å². The molecule has 2 amide bonds. The molecular weight excluding hydrogens is 372 g/mol. The molecule has 0 atom stereocenters. The third-order valence-corrected chi connectivity index (χ3v) is 4.38. The van der Waals surface area contributed by atoms with Crippen LogP contribution in [0.1, 0.15) is 27.4 Å². The number of likely N-dealkylation sites (N-methyl/N-ethyl adjacent to an activating group) is 1. The first-order chi connectivity index (χ1) is 12.7. The Hall–Kier alpha value is -2.80. The number of esters is 1. The number of benzene rings is 1. The van der Waals surface area contributed by atoms with Crippen molar-refractivity contribution in [2.24, 2.45) is 0 Å². The van der Waals surface area contributed by atoms with Gasteiger partial charge in [-0.1, -0.05) is 23.7 Å². The van der Waals surface area contributed by atoms with Gasteiger partial charge in [-0.05, 0) is 32.9 Å². The number of hydrogen-bond acceptors (Lipinski definition) is 5. The summed E-state index contributed by atoms with van der Waals surface area (Å²) in [6.45, 7) is 4.47. The van der Waals surface area contributed by atoms with Crippen molar-refractivity contribution in [2.75, 3.05) is 25.5 Å². The molecule has 0 unspecified atom stereocenters. The van der Waals surface area contributed by atoms with Crippen LogP contribution >= 0.6 is 11.6 Å². The number of rotatable bonds is 6. The largest absolute Gasteiger partial charge is 0.465 e. The van der Waals surface area contributed by atoms with Crippen LogP contribution in [0.3, 0.4) is 0 Å². The molecule has 7 nitrogen and oxygen atoms in total. The molecule has 0 bridgehead atoms. The molecule has 0 saturated heterocycles. The van der Waals surface area contributed by atoms with Gasteiger partial charge in [0.2, 0.25) is 5.91 Å². The summed E-state index contributed by atoms with van der Waals surface area (Å²) >= 11 is 5.98. The van der Waals surface area contributed by atoms with Crippen LogP contribution in [0, 0.1) is 20.8 Å². The normalized spacial score (nSPS) is 10.4. The minimum atomic E-state index is -0.635. The van der Waals surface area contributed by atoms with E-state index in [1.165, 1.54) is 11.9 Å². The number of halogens is 1. The number of carbonyl (C=O) groups excluding carboxylic acids is 3. The summed E-state index contributed by atoms with van der Waals surface area (Å²) in [5, 5.41) is 3.02. The highest BCUT2D eigenvalue weighted by atomic mass is 35.5. The Balaban J connectivity index is 1.87. The van der Waals surface area contributed by atoms with Crippen molar-refractivity contribution in [3.63, 3.8) is 0 Å². The monoisotopic (exact) mass is 392 g/mol. The van der Waals surface area contributed by atoms with E-state index in [0.717, 1.165) is 0 Å². The highest BCUT2D eigenvalue weighted by Gasteiger charge is 2.22. The number of para-hydroxylation sites is 1. The molecule has 27 heavy (non-hydrogen) atoms. The van der Waals surface area contributed by atoms with Gasteiger partial charge in [0.1, 0.15) is 17.1 Å². The number of ether oxygens (including phenoxy) is 1. The Morgan fingerprint density at radius 2 is 1.81 bits per heavy atom. The predicted octanol–water partition coefficient (Wildman–Crippen LogP) is 3.11. The van der Waals surface area contributed by atoms with E-state index >= 15 is 0 Å². The number of carbonyl (C=O) groups is 3. The second-order valence-electron chi connectivity index (χ2n) is 6.07. The molecule has 144 valence electrons. The lowest BCUT2D eigenvalue weighted by atomic mass is 10.1. The fourth-order valence-electron chi connectivity index (χ4n) is 2.46. The summed E-state index contributed by atoms with van der Waals surface area (Å²) in [4.78, 5) is 37.5. The van der Waals surface area contributed by atoms with Crippen molar-refractivity contribution < 1.29 is 23.5 Å². The van der Waals surface area contributed by atoms with Crippen LogP contribution in [0.2, 0.25) is 5.02 Å². The average Bonchev–Trinajstić information content (AvgIpc) is 2.86. The molecule has 0 aliphatic rings. The van der Waals surface area contributed by atoms with Crippen molar-refractivity contribution in [1.82, 2.24) is 4.90 Å². The van der Waals surface area contributed by atoms with Crippen molar-refractivity contribution in [2.45, 2.75) is 20.8 Å². The maximum Gasteiger partial charge on any atom is 0.342 e. The molecule has 1 aromatic heterocycles. The van der Waals surface area contributed by atoms with E-state index in [1.807, 2.05) is 0 Å². The van der Waals surface area contributed by atoms with Crippen LogP contribution in [-0.4, -0.2) is 42.9 Å². The Morgan fingerprint density at radius 1 is 1.15 bits per heavy atom. The summed E-state index contributed by atoms with van der Waals surface area (Å²) in [6.07, 6.45) is 0. The van der Waals surface area contributed by atoms with Gasteiger partial charge in [0.15, 0.2) is 6.61 Å². The summed E-state index contributed by atoms with van der Waals surface area (Å²) in [6, 6.07) is 6.78. The first-order valence-electron chi connectivity index (χ1n) is 8.22. The van der Waals surface area contributed by atoms with Gasteiger partial charge in [-0.2, -0.15) is 0 Å². The van der Waals surface area contributed by atoms with Crippen LogP contribution in [0.15, 0.2) is 28.7 Å². The van der Waals surface area contributed by atoms with E-state index in [1.54, 1.807) is 45.0 Å². The lowest BCUT2D eigenvalue weighted by molar-refractivity contribution is -0.136. The summed E-state index contributed by atoms with van der Waals surface area (Å²) in [5.41, 5.74) is 1.45. The summed E-state index contributed by atoms with van der Waals surface area (Å²) in [7, 11) is 1.45. The number of hydrogen-bond donors (Lipinski definition) is 1. The fourth-order valence-corrected chi connectivity index (χ4v) is 2.64. The zero-order chi connectivity index (χ0) is 20.1. The Labute approximate surface area is 162 Å². The molecule has 0 aliphatic carbocycles. The quantitative estimate of drug-likeness (QED) is 0.763. The molecular formula is C19H21ClN2O5. The zero-order valence-electron chi connectivity index (χ0n) is 15.6. The molecule has 1 N–H and O–H groups in total. The van der Waals surface area contributed by atoms with Gasteiger partial charge in [0.05, 0.1) is 17.3 Å². The van der Waals surface area contributed by atoms with E-state index in [-0.39, 0.29) is 6.54 Å². The van der Waals surface area contributed by atoms with Crippen LogP contribution in [-0.2, 0) is 14.3 Å². The summed E-state index contributed by atoms with van der Waals surface area (Å²) in [5.74, 6) is -0.492.